The second kappa shape index (κ2) is 9.75. The van der Waals surface area contributed by atoms with E-state index in [1.807, 2.05) is 66.7 Å². The second-order valence-corrected chi connectivity index (χ2v) is 11.0. The molecular formula is C39H25N5. The maximum atomic E-state index is 5.09. The molecule has 0 aliphatic carbocycles. The van der Waals surface area contributed by atoms with Crippen LogP contribution in [0.1, 0.15) is 0 Å². The van der Waals surface area contributed by atoms with Crippen molar-refractivity contribution in [3.8, 4) is 34.4 Å². The molecule has 44 heavy (non-hydrogen) atoms. The highest BCUT2D eigenvalue weighted by Crippen LogP contribution is 2.37. The third-order valence-electron chi connectivity index (χ3n) is 8.40. The first-order valence-electron chi connectivity index (χ1n) is 14.7. The minimum atomic E-state index is 0.595. The van der Waals surface area contributed by atoms with Gasteiger partial charge < -0.3 is 4.57 Å². The first-order valence-corrected chi connectivity index (χ1v) is 14.7. The van der Waals surface area contributed by atoms with Crippen LogP contribution in [-0.4, -0.2) is 24.1 Å². The Morgan fingerprint density at radius 3 is 1.73 bits per heavy atom. The Morgan fingerprint density at radius 1 is 0.409 bits per heavy atom. The lowest BCUT2D eigenvalue weighted by Crippen LogP contribution is -2.06. The topological polar surface area (TPSA) is 48.5 Å². The molecule has 9 aromatic rings. The van der Waals surface area contributed by atoms with Gasteiger partial charge in [-0.15, -0.1) is 0 Å². The highest BCUT2D eigenvalue weighted by molar-refractivity contribution is 6.18. The van der Waals surface area contributed by atoms with Crippen LogP contribution in [0, 0.1) is 0 Å². The normalized spacial score (nSPS) is 11.6. The van der Waals surface area contributed by atoms with E-state index in [1.54, 1.807) is 0 Å². The SMILES string of the molecule is c1ccc(-c2nc(-c3ccccc3)nc(-n3c4ccccc4c4cc5ccc6c(ccn6-c6ccccc6)c5cc43)n2)cc1. The van der Waals surface area contributed by atoms with E-state index in [0.717, 1.165) is 38.6 Å². The van der Waals surface area contributed by atoms with Gasteiger partial charge >= 0.3 is 0 Å². The number of para-hydroxylation sites is 2. The van der Waals surface area contributed by atoms with Gasteiger partial charge in [-0.1, -0.05) is 103 Å². The number of hydrogen-bond acceptors (Lipinski definition) is 3. The zero-order valence-electron chi connectivity index (χ0n) is 23.7. The molecule has 9 rings (SSSR count). The van der Waals surface area contributed by atoms with Crippen molar-refractivity contribution in [2.75, 3.05) is 0 Å². The third kappa shape index (κ3) is 3.83. The van der Waals surface area contributed by atoms with Gasteiger partial charge in [-0.3, -0.25) is 4.57 Å². The number of rotatable bonds is 4. The molecule has 0 amide bonds. The van der Waals surface area contributed by atoms with E-state index in [1.165, 1.54) is 21.7 Å². The molecule has 0 fully saturated rings. The van der Waals surface area contributed by atoms with Gasteiger partial charge in [0.05, 0.1) is 16.6 Å². The first-order chi connectivity index (χ1) is 21.8. The highest BCUT2D eigenvalue weighted by Gasteiger charge is 2.19. The summed E-state index contributed by atoms with van der Waals surface area (Å²) in [6, 6.07) is 50.5. The van der Waals surface area contributed by atoms with Gasteiger partial charge in [-0.2, -0.15) is 9.97 Å². The standard InChI is InChI=1S/C39H25N5/c1-4-12-26(13-5-1)37-40-38(27-14-6-2-7-15-27)42-39(41-37)44-35-19-11-10-18-30(35)33-24-28-20-21-34-31(32(28)25-36(33)44)22-23-43(34)29-16-8-3-9-17-29/h1-25H. The summed E-state index contributed by atoms with van der Waals surface area (Å²) in [5.41, 5.74) is 6.32. The van der Waals surface area contributed by atoms with Crippen LogP contribution < -0.4 is 0 Å². The van der Waals surface area contributed by atoms with Crippen LogP contribution in [0.5, 0.6) is 0 Å². The molecule has 3 aromatic heterocycles. The van der Waals surface area contributed by atoms with E-state index in [9.17, 15) is 0 Å². The zero-order valence-corrected chi connectivity index (χ0v) is 23.7. The number of nitrogens with zero attached hydrogens (tertiary/aromatic N) is 5. The summed E-state index contributed by atoms with van der Waals surface area (Å²) in [4.78, 5) is 15.1. The van der Waals surface area contributed by atoms with Crippen molar-refractivity contribution in [2.45, 2.75) is 0 Å². The van der Waals surface area contributed by atoms with Crippen molar-refractivity contribution in [2.24, 2.45) is 0 Å². The molecule has 0 aliphatic rings. The van der Waals surface area contributed by atoms with Crippen molar-refractivity contribution < 1.29 is 0 Å². The van der Waals surface area contributed by atoms with E-state index in [0.29, 0.717) is 17.6 Å². The van der Waals surface area contributed by atoms with Crippen LogP contribution >= 0.6 is 0 Å². The lowest BCUT2D eigenvalue weighted by molar-refractivity contribution is 0.954. The molecule has 0 spiro atoms. The van der Waals surface area contributed by atoms with Crippen molar-refractivity contribution in [1.29, 1.82) is 0 Å². The number of aromatic nitrogens is 5. The van der Waals surface area contributed by atoms with Gasteiger partial charge in [0, 0.05) is 39.2 Å². The highest BCUT2D eigenvalue weighted by atomic mass is 15.2. The lowest BCUT2D eigenvalue weighted by atomic mass is 10.0. The largest absolute Gasteiger partial charge is 0.317 e. The molecule has 5 heteroatoms. The Balaban J connectivity index is 1.35. The van der Waals surface area contributed by atoms with Gasteiger partial charge in [0.15, 0.2) is 11.6 Å². The monoisotopic (exact) mass is 563 g/mol. The fourth-order valence-corrected chi connectivity index (χ4v) is 6.34. The van der Waals surface area contributed by atoms with Gasteiger partial charge in [0.25, 0.3) is 0 Å². The Labute approximate surface area is 253 Å². The smallest absolute Gasteiger partial charge is 0.238 e. The molecule has 6 aromatic carbocycles. The summed E-state index contributed by atoms with van der Waals surface area (Å²) in [7, 11) is 0. The molecular weight excluding hydrogens is 538 g/mol. The van der Waals surface area contributed by atoms with Crippen LogP contribution in [0.25, 0.3) is 77.9 Å². The average Bonchev–Trinajstić information content (AvgIpc) is 3.68. The fourth-order valence-electron chi connectivity index (χ4n) is 6.34. The van der Waals surface area contributed by atoms with Crippen molar-refractivity contribution in [1.82, 2.24) is 24.1 Å². The Morgan fingerprint density at radius 2 is 1.02 bits per heavy atom. The zero-order chi connectivity index (χ0) is 29.0. The van der Waals surface area contributed by atoms with Crippen LogP contribution in [-0.2, 0) is 0 Å². The molecule has 0 saturated carbocycles. The van der Waals surface area contributed by atoms with Crippen LogP contribution in [0.15, 0.2) is 152 Å². The molecule has 0 atom stereocenters. The van der Waals surface area contributed by atoms with E-state index < -0.39 is 0 Å². The fraction of sp³-hybridized carbons (Fsp3) is 0. The Hall–Kier alpha value is -6.07. The summed E-state index contributed by atoms with van der Waals surface area (Å²) in [6.07, 6.45) is 2.16. The molecule has 3 heterocycles. The quantitative estimate of drug-likeness (QED) is 0.214. The predicted octanol–water partition coefficient (Wildman–Crippen LogP) is 9.40. The van der Waals surface area contributed by atoms with Crippen LogP contribution in [0.4, 0.5) is 0 Å². The van der Waals surface area contributed by atoms with Gasteiger partial charge in [-0.25, -0.2) is 4.98 Å². The number of benzene rings is 6. The molecule has 0 saturated heterocycles. The van der Waals surface area contributed by atoms with Crippen LogP contribution in [0.2, 0.25) is 0 Å². The molecule has 0 N–H and O–H groups in total. The van der Waals surface area contributed by atoms with E-state index in [-0.39, 0.29) is 0 Å². The average molecular weight is 564 g/mol. The number of fused-ring (bicyclic) bond motifs is 6. The minimum absolute atomic E-state index is 0.595. The summed E-state index contributed by atoms with van der Waals surface area (Å²) < 4.78 is 4.44. The molecule has 206 valence electrons. The van der Waals surface area contributed by atoms with Crippen molar-refractivity contribution in [3.05, 3.63) is 152 Å². The lowest BCUT2D eigenvalue weighted by Gasteiger charge is -2.11. The number of hydrogen-bond donors (Lipinski definition) is 0. The molecule has 0 radical (unpaired) electrons. The van der Waals surface area contributed by atoms with E-state index in [4.69, 9.17) is 15.0 Å². The summed E-state index contributed by atoms with van der Waals surface area (Å²) in [5, 5.41) is 5.92. The van der Waals surface area contributed by atoms with E-state index >= 15 is 0 Å². The summed E-state index contributed by atoms with van der Waals surface area (Å²) >= 11 is 0. The predicted molar refractivity (Wildman–Crippen MR) is 179 cm³/mol. The maximum Gasteiger partial charge on any atom is 0.238 e. The summed E-state index contributed by atoms with van der Waals surface area (Å²) in [5.74, 6) is 1.88. The van der Waals surface area contributed by atoms with Crippen molar-refractivity contribution in [3.63, 3.8) is 0 Å². The van der Waals surface area contributed by atoms with Crippen molar-refractivity contribution >= 4 is 43.5 Å². The molecule has 0 bridgehead atoms. The first kappa shape index (κ1) is 24.5. The van der Waals surface area contributed by atoms with Gasteiger partial charge in [0.2, 0.25) is 5.95 Å². The minimum Gasteiger partial charge on any atom is -0.317 e. The Kier molecular flexibility index (Phi) is 5.43. The maximum absolute atomic E-state index is 5.09. The van der Waals surface area contributed by atoms with E-state index in [2.05, 4.69) is 94.2 Å². The van der Waals surface area contributed by atoms with Gasteiger partial charge in [-0.05, 0) is 53.2 Å². The summed E-state index contributed by atoms with van der Waals surface area (Å²) in [6.45, 7) is 0. The molecule has 0 aliphatic heterocycles. The van der Waals surface area contributed by atoms with Gasteiger partial charge in [0.1, 0.15) is 0 Å². The second-order valence-electron chi connectivity index (χ2n) is 11.0. The molecule has 5 nitrogen and oxygen atoms in total. The Bertz CT molecular complexity index is 2420. The molecule has 0 unspecified atom stereocenters. The third-order valence-corrected chi connectivity index (χ3v) is 8.40. The van der Waals surface area contributed by atoms with Crippen LogP contribution in [0.3, 0.4) is 0 Å².